The van der Waals surface area contributed by atoms with E-state index in [0.717, 1.165) is 0 Å². The zero-order valence-corrected chi connectivity index (χ0v) is 7.38. The maximum Gasteiger partial charge on any atom is 0.143 e. The van der Waals surface area contributed by atoms with E-state index in [1.165, 1.54) is 0 Å². The highest BCUT2D eigenvalue weighted by Crippen LogP contribution is 2.15. The Hall–Kier alpha value is -0.670. The van der Waals surface area contributed by atoms with Crippen LogP contribution in [-0.2, 0) is 9.53 Å². The molecule has 0 bridgehead atoms. The highest BCUT2D eigenvalue weighted by atomic mass is 16.5. The summed E-state index contributed by atoms with van der Waals surface area (Å²) in [5.41, 5.74) is 0. The zero-order chi connectivity index (χ0) is 8.97. The fraction of sp³-hybridized carbons (Fsp3) is 0.667. The van der Waals surface area contributed by atoms with E-state index in [2.05, 4.69) is 11.9 Å². The number of nitrogens with one attached hydrogen (secondary N) is 1. The number of likely N-dealkylation sites (N-methyl/N-ethyl adjacent to an activating group) is 1. The number of rotatable bonds is 4. The first-order valence-electron chi connectivity index (χ1n) is 4.18. The highest BCUT2D eigenvalue weighted by molar-refractivity contribution is 5.83. The van der Waals surface area contributed by atoms with Crippen LogP contribution in [0.1, 0.15) is 6.42 Å². The zero-order valence-electron chi connectivity index (χ0n) is 7.38. The number of allylic oxidation sites excluding steroid dienone is 1. The molecule has 0 saturated carbocycles. The fourth-order valence-corrected chi connectivity index (χ4v) is 1.45. The summed E-state index contributed by atoms with van der Waals surface area (Å²) in [7, 11) is 1.85. The smallest absolute Gasteiger partial charge is 0.143 e. The minimum absolute atomic E-state index is 0.0213. The van der Waals surface area contributed by atoms with Crippen LogP contribution in [0, 0.1) is 5.92 Å². The van der Waals surface area contributed by atoms with Crippen LogP contribution in [0.4, 0.5) is 0 Å². The molecule has 1 heterocycles. The lowest BCUT2D eigenvalue weighted by Gasteiger charge is -2.14. The van der Waals surface area contributed by atoms with Gasteiger partial charge in [0.25, 0.3) is 0 Å². The third-order valence-electron chi connectivity index (χ3n) is 2.21. The van der Waals surface area contributed by atoms with Gasteiger partial charge in [-0.25, -0.2) is 0 Å². The number of Topliss-reactive ketones (excluding diaryl/α,β-unsaturated/α-hetero) is 1. The van der Waals surface area contributed by atoms with Crippen LogP contribution in [0.2, 0.25) is 0 Å². The molecule has 0 amide bonds. The molecule has 0 aromatic carbocycles. The van der Waals surface area contributed by atoms with E-state index in [1.54, 1.807) is 6.08 Å². The van der Waals surface area contributed by atoms with E-state index in [-0.39, 0.29) is 17.7 Å². The Bertz CT molecular complexity index is 179. The predicted octanol–water partition coefficient (Wildman–Crippen LogP) is 0.366. The molecular weight excluding hydrogens is 154 g/mol. The van der Waals surface area contributed by atoms with E-state index >= 15 is 0 Å². The molecule has 3 heteroatoms. The van der Waals surface area contributed by atoms with Gasteiger partial charge in [0.05, 0.1) is 19.1 Å². The van der Waals surface area contributed by atoms with Crippen molar-refractivity contribution >= 4 is 5.78 Å². The lowest BCUT2D eigenvalue weighted by Crippen LogP contribution is -2.36. The third-order valence-corrected chi connectivity index (χ3v) is 2.21. The minimum atomic E-state index is 0.0213. The van der Waals surface area contributed by atoms with Crippen molar-refractivity contribution in [2.45, 2.75) is 12.5 Å². The molecule has 1 aliphatic rings. The van der Waals surface area contributed by atoms with Gasteiger partial charge >= 0.3 is 0 Å². The Morgan fingerprint density at radius 1 is 1.75 bits per heavy atom. The van der Waals surface area contributed by atoms with Gasteiger partial charge in [-0.1, -0.05) is 6.08 Å². The Morgan fingerprint density at radius 3 is 3.08 bits per heavy atom. The molecule has 2 atom stereocenters. The van der Waals surface area contributed by atoms with Gasteiger partial charge in [-0.05, 0) is 7.05 Å². The van der Waals surface area contributed by atoms with Crippen LogP contribution in [0.25, 0.3) is 0 Å². The molecule has 0 aromatic heterocycles. The summed E-state index contributed by atoms with van der Waals surface area (Å²) in [6.07, 6.45) is 2.10. The molecular formula is C9H15NO2. The first-order valence-corrected chi connectivity index (χ1v) is 4.18. The van der Waals surface area contributed by atoms with E-state index < -0.39 is 0 Å². The number of hydrogen-bond acceptors (Lipinski definition) is 3. The predicted molar refractivity (Wildman–Crippen MR) is 47.0 cm³/mol. The third kappa shape index (κ3) is 1.93. The van der Waals surface area contributed by atoms with Crippen molar-refractivity contribution in [2.75, 3.05) is 20.3 Å². The molecule has 0 aliphatic carbocycles. The molecule has 1 fully saturated rings. The average molecular weight is 169 g/mol. The van der Waals surface area contributed by atoms with Gasteiger partial charge < -0.3 is 10.1 Å². The normalized spacial score (nSPS) is 28.8. The maximum absolute atomic E-state index is 11.4. The molecule has 12 heavy (non-hydrogen) atoms. The van der Waals surface area contributed by atoms with Crippen molar-refractivity contribution in [2.24, 2.45) is 5.92 Å². The van der Waals surface area contributed by atoms with E-state index in [4.69, 9.17) is 4.74 Å². The Labute approximate surface area is 72.8 Å². The minimum Gasteiger partial charge on any atom is -0.379 e. The topological polar surface area (TPSA) is 38.3 Å². The largest absolute Gasteiger partial charge is 0.379 e. The van der Waals surface area contributed by atoms with Crippen molar-refractivity contribution in [3.63, 3.8) is 0 Å². The lowest BCUT2D eigenvalue weighted by atomic mass is 9.97. The summed E-state index contributed by atoms with van der Waals surface area (Å²) in [4.78, 5) is 11.4. The molecule has 0 radical (unpaired) electrons. The van der Waals surface area contributed by atoms with Gasteiger partial charge in [0.1, 0.15) is 5.78 Å². The molecule has 3 nitrogen and oxygen atoms in total. The van der Waals surface area contributed by atoms with Gasteiger partial charge in [-0.15, -0.1) is 6.58 Å². The molecule has 1 aliphatic heterocycles. The Balaban J connectivity index is 2.48. The van der Waals surface area contributed by atoms with Gasteiger partial charge in [0.2, 0.25) is 0 Å². The highest BCUT2D eigenvalue weighted by Gasteiger charge is 2.31. The SMILES string of the molecule is C=CCC(=O)C1COCC1NC. The van der Waals surface area contributed by atoms with E-state index in [9.17, 15) is 4.79 Å². The van der Waals surface area contributed by atoms with Crippen molar-refractivity contribution in [1.29, 1.82) is 0 Å². The number of carbonyl (C=O) groups excluding carboxylic acids is 1. The van der Waals surface area contributed by atoms with Crippen molar-refractivity contribution in [3.05, 3.63) is 12.7 Å². The molecule has 1 rings (SSSR count). The van der Waals surface area contributed by atoms with E-state index in [0.29, 0.717) is 19.6 Å². The van der Waals surface area contributed by atoms with Gasteiger partial charge in [0.15, 0.2) is 0 Å². The summed E-state index contributed by atoms with van der Waals surface area (Å²) >= 11 is 0. The Kier molecular flexibility index (Phi) is 3.44. The molecule has 68 valence electrons. The molecule has 2 unspecified atom stereocenters. The summed E-state index contributed by atoms with van der Waals surface area (Å²) in [6.45, 7) is 4.74. The van der Waals surface area contributed by atoms with Crippen molar-refractivity contribution in [3.8, 4) is 0 Å². The van der Waals surface area contributed by atoms with Crippen LogP contribution in [0.5, 0.6) is 0 Å². The summed E-state index contributed by atoms with van der Waals surface area (Å²) in [5.74, 6) is 0.245. The van der Waals surface area contributed by atoms with Crippen LogP contribution < -0.4 is 5.32 Å². The van der Waals surface area contributed by atoms with Crippen LogP contribution >= 0.6 is 0 Å². The number of carbonyl (C=O) groups is 1. The van der Waals surface area contributed by atoms with Crippen molar-refractivity contribution < 1.29 is 9.53 Å². The molecule has 0 aromatic rings. The first kappa shape index (κ1) is 9.42. The fourth-order valence-electron chi connectivity index (χ4n) is 1.45. The Morgan fingerprint density at radius 2 is 2.50 bits per heavy atom. The summed E-state index contributed by atoms with van der Waals surface area (Å²) < 4.78 is 5.21. The van der Waals surface area contributed by atoms with Gasteiger partial charge in [0, 0.05) is 12.5 Å². The van der Waals surface area contributed by atoms with E-state index in [1.807, 2.05) is 7.05 Å². The monoisotopic (exact) mass is 169 g/mol. The first-order chi connectivity index (χ1) is 5.79. The van der Waals surface area contributed by atoms with Crippen LogP contribution in [-0.4, -0.2) is 32.1 Å². The second-order valence-corrected chi connectivity index (χ2v) is 3.00. The lowest BCUT2D eigenvalue weighted by molar-refractivity contribution is -0.122. The van der Waals surface area contributed by atoms with Gasteiger partial charge in [-0.2, -0.15) is 0 Å². The number of ether oxygens (including phenoxy) is 1. The van der Waals surface area contributed by atoms with Crippen LogP contribution in [0.15, 0.2) is 12.7 Å². The number of ketones is 1. The quantitative estimate of drug-likeness (QED) is 0.618. The van der Waals surface area contributed by atoms with Crippen molar-refractivity contribution in [1.82, 2.24) is 5.32 Å². The number of hydrogen-bond donors (Lipinski definition) is 1. The molecule has 1 N–H and O–H groups in total. The molecule has 0 spiro atoms. The summed E-state index contributed by atoms with van der Waals surface area (Å²) in [6, 6.07) is 0.192. The standard InChI is InChI=1S/C9H15NO2/c1-3-4-9(11)7-5-12-6-8(7)10-2/h3,7-8,10H,1,4-6H2,2H3. The van der Waals surface area contributed by atoms with Gasteiger partial charge in [-0.3, -0.25) is 4.79 Å². The maximum atomic E-state index is 11.4. The molecule has 1 saturated heterocycles. The second-order valence-electron chi connectivity index (χ2n) is 3.00. The second kappa shape index (κ2) is 4.38. The van der Waals surface area contributed by atoms with Crippen LogP contribution in [0.3, 0.4) is 0 Å². The summed E-state index contributed by atoms with van der Waals surface area (Å²) in [5, 5.41) is 3.07. The average Bonchev–Trinajstić information content (AvgIpc) is 2.51.